The van der Waals surface area contributed by atoms with E-state index >= 15 is 0 Å². The van der Waals surface area contributed by atoms with Crippen molar-refractivity contribution < 1.29 is 19.1 Å². The van der Waals surface area contributed by atoms with Gasteiger partial charge < -0.3 is 14.4 Å². The molecule has 3 heterocycles. The molecule has 2 aromatic carbocycles. The number of piperidine rings is 1. The standard InChI is InChI=1S/C24H23N3O4/c28-23(18-6-7-21-22(14-18)31-13-12-30-21)17-8-10-26(11-9-17)24(29)19-15-25-27(16-19)20-4-2-1-3-5-20/h1-7,14-17H,8-13H2. The highest BCUT2D eigenvalue weighted by molar-refractivity contribution is 5.99. The number of carbonyl (C=O) groups is 2. The van der Waals surface area contributed by atoms with E-state index in [0.717, 1.165) is 5.69 Å². The lowest BCUT2D eigenvalue weighted by Gasteiger charge is -2.31. The number of Topliss-reactive ketones (excluding diaryl/α,β-unsaturated/α-hetero) is 1. The van der Waals surface area contributed by atoms with Crippen molar-refractivity contribution in [3.8, 4) is 17.2 Å². The van der Waals surface area contributed by atoms with Crippen LogP contribution < -0.4 is 9.47 Å². The van der Waals surface area contributed by atoms with Crippen LogP contribution in [0.25, 0.3) is 5.69 Å². The van der Waals surface area contributed by atoms with Crippen LogP contribution in [0.5, 0.6) is 11.5 Å². The van der Waals surface area contributed by atoms with Crippen molar-refractivity contribution in [2.24, 2.45) is 5.92 Å². The third-order valence-corrected chi connectivity index (χ3v) is 5.83. The number of amides is 1. The molecule has 1 aromatic heterocycles. The Balaban J connectivity index is 1.22. The zero-order chi connectivity index (χ0) is 21.2. The van der Waals surface area contributed by atoms with E-state index in [1.54, 1.807) is 40.2 Å². The summed E-state index contributed by atoms with van der Waals surface area (Å²) in [7, 11) is 0. The van der Waals surface area contributed by atoms with Gasteiger partial charge in [-0.2, -0.15) is 5.10 Å². The normalized spacial score (nSPS) is 16.2. The molecule has 0 atom stereocenters. The Morgan fingerprint density at radius 2 is 1.65 bits per heavy atom. The number of ketones is 1. The van der Waals surface area contributed by atoms with Crippen molar-refractivity contribution in [2.75, 3.05) is 26.3 Å². The van der Waals surface area contributed by atoms with Crippen molar-refractivity contribution in [1.82, 2.24) is 14.7 Å². The molecule has 1 saturated heterocycles. The topological polar surface area (TPSA) is 73.7 Å². The molecular weight excluding hydrogens is 394 g/mol. The summed E-state index contributed by atoms with van der Waals surface area (Å²) in [5.41, 5.74) is 2.10. The first-order chi connectivity index (χ1) is 15.2. The van der Waals surface area contributed by atoms with Crippen LogP contribution in [0.3, 0.4) is 0 Å². The third kappa shape index (κ3) is 3.91. The number of hydrogen-bond acceptors (Lipinski definition) is 5. The van der Waals surface area contributed by atoms with Crippen molar-refractivity contribution in [3.63, 3.8) is 0 Å². The van der Waals surface area contributed by atoms with Crippen molar-refractivity contribution >= 4 is 11.7 Å². The van der Waals surface area contributed by atoms with E-state index in [0.29, 0.717) is 61.8 Å². The van der Waals surface area contributed by atoms with E-state index in [1.165, 1.54) is 0 Å². The van der Waals surface area contributed by atoms with Gasteiger partial charge in [-0.05, 0) is 43.2 Å². The van der Waals surface area contributed by atoms with Crippen LogP contribution >= 0.6 is 0 Å². The Kier molecular flexibility index (Phi) is 5.16. The van der Waals surface area contributed by atoms with Crippen molar-refractivity contribution in [3.05, 3.63) is 72.1 Å². The van der Waals surface area contributed by atoms with E-state index in [-0.39, 0.29) is 17.6 Å². The van der Waals surface area contributed by atoms with Crippen molar-refractivity contribution in [1.29, 1.82) is 0 Å². The summed E-state index contributed by atoms with van der Waals surface area (Å²) in [5.74, 6) is 1.26. The number of carbonyl (C=O) groups excluding carboxylic acids is 2. The van der Waals surface area contributed by atoms with Crippen LogP contribution in [0.4, 0.5) is 0 Å². The third-order valence-electron chi connectivity index (χ3n) is 5.83. The molecule has 0 spiro atoms. The van der Waals surface area contributed by atoms with Gasteiger partial charge in [0.25, 0.3) is 5.91 Å². The zero-order valence-electron chi connectivity index (χ0n) is 17.1. The second kappa shape index (κ2) is 8.26. The van der Waals surface area contributed by atoms with E-state index < -0.39 is 0 Å². The number of nitrogens with zero attached hydrogens (tertiary/aromatic N) is 3. The number of benzene rings is 2. The first-order valence-corrected chi connectivity index (χ1v) is 10.5. The summed E-state index contributed by atoms with van der Waals surface area (Å²) >= 11 is 0. The van der Waals surface area contributed by atoms with E-state index in [9.17, 15) is 9.59 Å². The fraction of sp³-hybridized carbons (Fsp3) is 0.292. The van der Waals surface area contributed by atoms with Crippen LogP contribution in [0.2, 0.25) is 0 Å². The predicted molar refractivity (Wildman–Crippen MR) is 114 cm³/mol. The Labute approximate surface area is 180 Å². The van der Waals surface area contributed by atoms with Gasteiger partial charge in [-0.3, -0.25) is 9.59 Å². The van der Waals surface area contributed by atoms with Gasteiger partial charge in [0.15, 0.2) is 17.3 Å². The van der Waals surface area contributed by atoms with Crippen LogP contribution in [-0.2, 0) is 0 Å². The number of ether oxygens (including phenoxy) is 2. The highest BCUT2D eigenvalue weighted by Crippen LogP contribution is 2.32. The maximum absolute atomic E-state index is 13.0. The van der Waals surface area contributed by atoms with Crippen LogP contribution in [0.1, 0.15) is 33.6 Å². The first-order valence-electron chi connectivity index (χ1n) is 10.5. The Hall–Kier alpha value is -3.61. The molecule has 2 aliphatic heterocycles. The molecule has 31 heavy (non-hydrogen) atoms. The highest BCUT2D eigenvalue weighted by Gasteiger charge is 2.29. The second-order valence-corrected chi connectivity index (χ2v) is 7.80. The van der Waals surface area contributed by atoms with Gasteiger partial charge in [-0.25, -0.2) is 4.68 Å². The molecule has 0 unspecified atom stereocenters. The number of fused-ring (bicyclic) bond motifs is 1. The Bertz CT molecular complexity index is 1100. The van der Waals surface area contributed by atoms with E-state index in [4.69, 9.17) is 9.47 Å². The summed E-state index contributed by atoms with van der Waals surface area (Å²) in [6.45, 7) is 2.12. The zero-order valence-corrected chi connectivity index (χ0v) is 17.1. The average molecular weight is 417 g/mol. The number of likely N-dealkylation sites (tertiary alicyclic amines) is 1. The molecule has 3 aromatic rings. The van der Waals surface area contributed by atoms with Gasteiger partial charge in [0, 0.05) is 30.8 Å². The monoisotopic (exact) mass is 417 g/mol. The van der Waals surface area contributed by atoms with Crippen LogP contribution in [0.15, 0.2) is 60.9 Å². The fourth-order valence-corrected chi connectivity index (χ4v) is 4.11. The van der Waals surface area contributed by atoms with Crippen LogP contribution in [0, 0.1) is 5.92 Å². The largest absolute Gasteiger partial charge is 0.486 e. The molecule has 2 aliphatic rings. The molecule has 158 valence electrons. The smallest absolute Gasteiger partial charge is 0.257 e. The molecule has 0 saturated carbocycles. The Morgan fingerprint density at radius 3 is 2.42 bits per heavy atom. The first kappa shape index (κ1) is 19.4. The lowest BCUT2D eigenvalue weighted by atomic mass is 9.88. The van der Waals surface area contributed by atoms with Gasteiger partial charge in [0.05, 0.1) is 17.4 Å². The Morgan fingerprint density at radius 1 is 0.903 bits per heavy atom. The number of rotatable bonds is 4. The van der Waals surface area contributed by atoms with Gasteiger partial charge >= 0.3 is 0 Å². The molecule has 0 radical (unpaired) electrons. The SMILES string of the molecule is O=C(c1ccc2c(c1)OCCO2)C1CCN(C(=O)c2cnn(-c3ccccc3)c2)CC1. The van der Waals surface area contributed by atoms with Gasteiger partial charge in [0.2, 0.25) is 0 Å². The summed E-state index contributed by atoms with van der Waals surface area (Å²) in [4.78, 5) is 27.7. The quantitative estimate of drug-likeness (QED) is 0.609. The van der Waals surface area contributed by atoms with Gasteiger partial charge in [-0.1, -0.05) is 18.2 Å². The lowest BCUT2D eigenvalue weighted by Crippen LogP contribution is -2.40. The molecule has 1 fully saturated rings. The number of hydrogen-bond donors (Lipinski definition) is 0. The summed E-state index contributed by atoms with van der Waals surface area (Å²) in [6.07, 6.45) is 4.64. The fourth-order valence-electron chi connectivity index (χ4n) is 4.11. The molecule has 7 nitrogen and oxygen atoms in total. The highest BCUT2D eigenvalue weighted by atomic mass is 16.6. The lowest BCUT2D eigenvalue weighted by molar-refractivity contribution is 0.0650. The maximum Gasteiger partial charge on any atom is 0.257 e. The average Bonchev–Trinajstić information content (AvgIpc) is 3.34. The van der Waals surface area contributed by atoms with E-state index in [2.05, 4.69) is 5.10 Å². The maximum atomic E-state index is 13.0. The summed E-state index contributed by atoms with van der Waals surface area (Å²) in [6, 6.07) is 15.0. The second-order valence-electron chi connectivity index (χ2n) is 7.80. The van der Waals surface area contributed by atoms with Crippen LogP contribution in [-0.4, -0.2) is 52.7 Å². The molecular formula is C24H23N3O4. The minimum Gasteiger partial charge on any atom is -0.486 e. The molecule has 0 aliphatic carbocycles. The van der Waals surface area contributed by atoms with Gasteiger partial charge in [0.1, 0.15) is 13.2 Å². The molecule has 0 N–H and O–H groups in total. The summed E-state index contributed by atoms with van der Waals surface area (Å²) < 4.78 is 12.8. The number of para-hydroxylation sites is 1. The van der Waals surface area contributed by atoms with Crippen molar-refractivity contribution in [2.45, 2.75) is 12.8 Å². The molecule has 5 rings (SSSR count). The minimum atomic E-state index is -0.0985. The minimum absolute atomic E-state index is 0.0487. The summed E-state index contributed by atoms with van der Waals surface area (Å²) in [5, 5.41) is 4.31. The molecule has 0 bridgehead atoms. The number of aromatic nitrogens is 2. The molecule has 1 amide bonds. The van der Waals surface area contributed by atoms with E-state index in [1.807, 2.05) is 30.3 Å². The van der Waals surface area contributed by atoms with Gasteiger partial charge in [-0.15, -0.1) is 0 Å². The molecule has 7 heteroatoms. The predicted octanol–water partition coefficient (Wildman–Crippen LogP) is 3.38.